The van der Waals surface area contributed by atoms with Gasteiger partial charge >= 0.3 is 5.97 Å². The standard InChI is InChI=1S/C23H29Cl2N5O2/c24-18-4-3-17(19(25)13-18)15-26-20-14-21(27-28-22(20)23(31)32)30-11-6-16(7-12-30)5-10-29-8-1-2-9-29/h3-4,13-14,16H,1-2,5-12,15H2,(H,26,27)(H,31,32). The molecule has 0 atom stereocenters. The van der Waals surface area contributed by atoms with Gasteiger partial charge in [-0.2, -0.15) is 0 Å². The maximum Gasteiger partial charge on any atom is 0.358 e. The highest BCUT2D eigenvalue weighted by molar-refractivity contribution is 6.35. The van der Waals surface area contributed by atoms with Crippen LogP contribution in [0.5, 0.6) is 0 Å². The van der Waals surface area contributed by atoms with Gasteiger partial charge in [0.1, 0.15) is 0 Å². The molecule has 2 N–H and O–H groups in total. The molecule has 172 valence electrons. The minimum atomic E-state index is -1.12. The molecule has 2 saturated heterocycles. The highest BCUT2D eigenvalue weighted by Gasteiger charge is 2.23. The van der Waals surface area contributed by atoms with E-state index in [9.17, 15) is 9.90 Å². The van der Waals surface area contributed by atoms with E-state index in [0.717, 1.165) is 37.4 Å². The summed E-state index contributed by atoms with van der Waals surface area (Å²) < 4.78 is 0. The first-order valence-electron chi connectivity index (χ1n) is 11.3. The summed E-state index contributed by atoms with van der Waals surface area (Å²) in [7, 11) is 0. The van der Waals surface area contributed by atoms with Crippen LogP contribution in [0.3, 0.4) is 0 Å². The van der Waals surface area contributed by atoms with Gasteiger partial charge in [-0.15, -0.1) is 10.2 Å². The lowest BCUT2D eigenvalue weighted by atomic mass is 9.93. The second kappa shape index (κ2) is 10.7. The molecule has 2 aromatic rings. The smallest absolute Gasteiger partial charge is 0.358 e. The third-order valence-corrected chi connectivity index (χ3v) is 7.05. The number of hydrogen-bond donors (Lipinski definition) is 2. The number of hydrogen-bond acceptors (Lipinski definition) is 6. The molecule has 0 bridgehead atoms. The van der Waals surface area contributed by atoms with Gasteiger partial charge in [0.25, 0.3) is 0 Å². The lowest BCUT2D eigenvalue weighted by molar-refractivity contribution is 0.0690. The van der Waals surface area contributed by atoms with Gasteiger partial charge in [0.15, 0.2) is 11.5 Å². The van der Waals surface area contributed by atoms with Crippen molar-refractivity contribution < 1.29 is 9.90 Å². The van der Waals surface area contributed by atoms with Crippen molar-refractivity contribution in [2.24, 2.45) is 5.92 Å². The predicted molar refractivity (Wildman–Crippen MR) is 128 cm³/mol. The molecule has 0 spiro atoms. The monoisotopic (exact) mass is 477 g/mol. The third-order valence-electron chi connectivity index (χ3n) is 6.46. The molecule has 32 heavy (non-hydrogen) atoms. The van der Waals surface area contributed by atoms with Gasteiger partial charge in [0.2, 0.25) is 0 Å². The van der Waals surface area contributed by atoms with E-state index in [2.05, 4.69) is 25.3 Å². The summed E-state index contributed by atoms with van der Waals surface area (Å²) in [5.41, 5.74) is 1.16. The molecule has 9 heteroatoms. The average molecular weight is 478 g/mol. The topological polar surface area (TPSA) is 81.6 Å². The third kappa shape index (κ3) is 5.82. The molecule has 1 aromatic carbocycles. The molecule has 2 aliphatic rings. The van der Waals surface area contributed by atoms with Gasteiger partial charge in [0, 0.05) is 35.7 Å². The summed E-state index contributed by atoms with van der Waals surface area (Å²) >= 11 is 12.2. The fourth-order valence-corrected chi connectivity index (χ4v) is 4.98. The number of piperidine rings is 1. The molecule has 7 nitrogen and oxygen atoms in total. The number of benzene rings is 1. The summed E-state index contributed by atoms with van der Waals surface area (Å²) in [4.78, 5) is 16.4. The molecule has 2 aliphatic heterocycles. The van der Waals surface area contributed by atoms with Crippen molar-refractivity contribution in [2.75, 3.05) is 42.9 Å². The van der Waals surface area contributed by atoms with Crippen LogP contribution >= 0.6 is 23.2 Å². The van der Waals surface area contributed by atoms with Gasteiger partial charge in [-0.05, 0) is 75.4 Å². The number of likely N-dealkylation sites (tertiary alicyclic amines) is 1. The maximum atomic E-state index is 11.7. The molecule has 4 rings (SSSR count). The second-order valence-electron chi connectivity index (χ2n) is 8.63. The Bertz CT molecular complexity index is 944. The van der Waals surface area contributed by atoms with Crippen molar-refractivity contribution in [1.82, 2.24) is 15.1 Å². The van der Waals surface area contributed by atoms with Crippen LogP contribution in [0.15, 0.2) is 24.3 Å². The molecule has 0 radical (unpaired) electrons. The van der Waals surface area contributed by atoms with E-state index in [1.54, 1.807) is 18.2 Å². The summed E-state index contributed by atoms with van der Waals surface area (Å²) in [6.07, 6.45) is 6.18. The van der Waals surface area contributed by atoms with Crippen LogP contribution < -0.4 is 10.2 Å². The number of halogens is 2. The average Bonchev–Trinajstić information content (AvgIpc) is 3.31. The molecule has 3 heterocycles. The number of carboxylic acids is 1. The minimum Gasteiger partial charge on any atom is -0.476 e. The van der Waals surface area contributed by atoms with E-state index in [1.807, 2.05) is 6.07 Å². The Labute approximate surface area is 198 Å². The van der Waals surface area contributed by atoms with Crippen LogP contribution in [0.1, 0.15) is 48.2 Å². The molecular formula is C23H29Cl2N5O2. The van der Waals surface area contributed by atoms with E-state index in [4.69, 9.17) is 23.2 Å². The van der Waals surface area contributed by atoms with E-state index in [1.165, 1.54) is 38.9 Å². The Morgan fingerprint density at radius 2 is 1.84 bits per heavy atom. The number of nitrogens with one attached hydrogen (secondary N) is 1. The highest BCUT2D eigenvalue weighted by Crippen LogP contribution is 2.28. The van der Waals surface area contributed by atoms with Gasteiger partial charge < -0.3 is 20.2 Å². The van der Waals surface area contributed by atoms with E-state index >= 15 is 0 Å². The molecule has 0 saturated carbocycles. The fourth-order valence-electron chi connectivity index (χ4n) is 4.51. The fraction of sp³-hybridized carbons (Fsp3) is 0.522. The van der Waals surface area contributed by atoms with Crippen molar-refractivity contribution in [2.45, 2.75) is 38.6 Å². The largest absolute Gasteiger partial charge is 0.476 e. The van der Waals surface area contributed by atoms with Crippen LogP contribution in [-0.4, -0.2) is 58.9 Å². The Hall–Kier alpha value is -2.09. The van der Waals surface area contributed by atoms with Crippen LogP contribution in [0, 0.1) is 5.92 Å². The van der Waals surface area contributed by atoms with Gasteiger partial charge in [-0.3, -0.25) is 0 Å². The van der Waals surface area contributed by atoms with Crippen LogP contribution in [0.2, 0.25) is 10.0 Å². The van der Waals surface area contributed by atoms with Crippen molar-refractivity contribution in [1.29, 1.82) is 0 Å². The Morgan fingerprint density at radius 1 is 1.09 bits per heavy atom. The SMILES string of the molecule is O=C(O)c1nnc(N2CCC(CCN3CCCC3)CC2)cc1NCc1ccc(Cl)cc1Cl. The second-order valence-corrected chi connectivity index (χ2v) is 9.47. The van der Waals surface area contributed by atoms with Crippen molar-refractivity contribution >= 4 is 40.7 Å². The van der Waals surface area contributed by atoms with Crippen LogP contribution in [0.4, 0.5) is 11.5 Å². The van der Waals surface area contributed by atoms with E-state index in [-0.39, 0.29) is 5.69 Å². The number of carboxylic acid groups (broad SMARTS) is 1. The van der Waals surface area contributed by atoms with Crippen molar-refractivity contribution in [3.8, 4) is 0 Å². The Morgan fingerprint density at radius 3 is 2.53 bits per heavy atom. The number of aromatic nitrogens is 2. The Balaban J connectivity index is 1.38. The first-order valence-corrected chi connectivity index (χ1v) is 12.0. The zero-order chi connectivity index (χ0) is 22.5. The molecule has 2 fully saturated rings. The zero-order valence-corrected chi connectivity index (χ0v) is 19.6. The summed E-state index contributed by atoms with van der Waals surface area (Å²) in [5, 5.41) is 22.0. The molecule has 0 unspecified atom stereocenters. The molecule has 0 amide bonds. The van der Waals surface area contributed by atoms with Crippen molar-refractivity contribution in [3.63, 3.8) is 0 Å². The van der Waals surface area contributed by atoms with Crippen LogP contribution in [0.25, 0.3) is 0 Å². The van der Waals surface area contributed by atoms with E-state index < -0.39 is 5.97 Å². The van der Waals surface area contributed by atoms with Gasteiger partial charge in [-0.25, -0.2) is 4.79 Å². The minimum absolute atomic E-state index is 0.0978. The lowest BCUT2D eigenvalue weighted by Crippen LogP contribution is -2.35. The maximum absolute atomic E-state index is 11.7. The zero-order valence-electron chi connectivity index (χ0n) is 18.1. The first kappa shape index (κ1) is 23.1. The number of aromatic carboxylic acids is 1. The lowest BCUT2D eigenvalue weighted by Gasteiger charge is -2.33. The summed E-state index contributed by atoms with van der Waals surface area (Å²) in [5.74, 6) is 0.329. The van der Waals surface area contributed by atoms with E-state index in [0.29, 0.717) is 28.1 Å². The number of anilines is 2. The number of rotatable bonds is 8. The molecular weight excluding hydrogens is 449 g/mol. The highest BCUT2D eigenvalue weighted by atomic mass is 35.5. The number of nitrogens with zero attached hydrogens (tertiary/aromatic N) is 4. The van der Waals surface area contributed by atoms with Gasteiger partial charge in [0.05, 0.1) is 5.69 Å². The number of carbonyl (C=O) groups is 1. The Kier molecular flexibility index (Phi) is 7.71. The quantitative estimate of drug-likeness (QED) is 0.564. The summed E-state index contributed by atoms with van der Waals surface area (Å²) in [6.45, 7) is 5.89. The molecule has 1 aromatic heterocycles. The normalized spacial score (nSPS) is 17.6. The van der Waals surface area contributed by atoms with Crippen molar-refractivity contribution in [3.05, 3.63) is 45.6 Å². The first-order chi connectivity index (χ1) is 15.5. The predicted octanol–water partition coefficient (Wildman–Crippen LogP) is 4.80. The van der Waals surface area contributed by atoms with Crippen LogP contribution in [-0.2, 0) is 6.54 Å². The summed E-state index contributed by atoms with van der Waals surface area (Å²) in [6, 6.07) is 7.03. The molecule has 0 aliphatic carbocycles. The van der Waals surface area contributed by atoms with Gasteiger partial charge in [-0.1, -0.05) is 29.3 Å².